The van der Waals surface area contributed by atoms with Crippen molar-refractivity contribution in [2.45, 2.75) is 19.9 Å². The molecule has 0 aliphatic carbocycles. The highest BCUT2D eigenvalue weighted by Crippen LogP contribution is 1.94. The molecule has 17 heavy (non-hydrogen) atoms. The molecule has 0 fully saturated rings. The molecular formula is C11H16N2O3S. The monoisotopic (exact) mass is 256 g/mol. The minimum atomic E-state index is -0.978. The molecule has 5 nitrogen and oxygen atoms in total. The Kier molecular flexibility index (Phi) is 4.62. The number of H-pyrrole nitrogens is 1. The summed E-state index contributed by atoms with van der Waals surface area (Å²) in [4.78, 5) is 26.1. The van der Waals surface area contributed by atoms with Crippen LogP contribution in [-0.4, -0.2) is 33.2 Å². The first-order valence-corrected chi connectivity index (χ1v) is 6.93. The Bertz CT molecular complexity index is 496. The maximum atomic E-state index is 11.7. The van der Waals surface area contributed by atoms with Crippen LogP contribution in [0.2, 0.25) is 0 Å². The number of nitrogens with one attached hydrogen (secondary N) is 2. The molecule has 1 amide bonds. The number of carbonyl (C=O) groups is 1. The van der Waals surface area contributed by atoms with Gasteiger partial charge >= 0.3 is 0 Å². The molecule has 94 valence electrons. The fourth-order valence-corrected chi connectivity index (χ4v) is 2.23. The molecule has 1 aromatic rings. The van der Waals surface area contributed by atoms with E-state index >= 15 is 0 Å². The van der Waals surface area contributed by atoms with Gasteiger partial charge in [0.15, 0.2) is 5.43 Å². The summed E-state index contributed by atoms with van der Waals surface area (Å²) in [5.41, 5.74) is 0.460. The number of carbonyl (C=O) groups excluding carboxylic acids is 1. The van der Waals surface area contributed by atoms with Crippen LogP contribution in [-0.2, 0) is 10.8 Å². The normalized spacial score (nSPS) is 14.1. The lowest BCUT2D eigenvalue weighted by molar-refractivity contribution is 0.0942. The van der Waals surface area contributed by atoms with Gasteiger partial charge in [-0.1, -0.05) is 0 Å². The molecule has 6 heteroatoms. The Hall–Kier alpha value is -1.43. The van der Waals surface area contributed by atoms with Crippen LogP contribution in [0.4, 0.5) is 0 Å². The van der Waals surface area contributed by atoms with E-state index < -0.39 is 16.7 Å². The van der Waals surface area contributed by atoms with Crippen LogP contribution in [0, 0.1) is 6.92 Å². The van der Waals surface area contributed by atoms with Crippen LogP contribution in [0.5, 0.6) is 0 Å². The highest BCUT2D eigenvalue weighted by molar-refractivity contribution is 7.84. The SMILES string of the molecule is Cc1cc(=O)c(C(=O)NC(C)CS(C)=O)c[nH]1. The van der Waals surface area contributed by atoms with E-state index in [0.717, 1.165) is 0 Å². The first kappa shape index (κ1) is 13.6. The highest BCUT2D eigenvalue weighted by atomic mass is 32.2. The predicted molar refractivity (Wildman–Crippen MR) is 67.7 cm³/mol. The van der Waals surface area contributed by atoms with Crippen molar-refractivity contribution in [3.63, 3.8) is 0 Å². The number of amides is 1. The summed E-state index contributed by atoms with van der Waals surface area (Å²) in [5.74, 6) is -0.0700. The van der Waals surface area contributed by atoms with Gasteiger partial charge in [-0.2, -0.15) is 0 Å². The molecule has 0 saturated heterocycles. The Labute approximate surface area is 102 Å². The third-order valence-corrected chi connectivity index (χ3v) is 3.13. The summed E-state index contributed by atoms with van der Waals surface area (Å²) in [6.07, 6.45) is 2.96. The van der Waals surface area contributed by atoms with Crippen molar-refractivity contribution in [1.29, 1.82) is 0 Å². The zero-order chi connectivity index (χ0) is 13.0. The van der Waals surface area contributed by atoms with Crippen molar-refractivity contribution in [2.24, 2.45) is 0 Å². The average Bonchev–Trinajstić information content (AvgIpc) is 2.15. The fourth-order valence-electron chi connectivity index (χ4n) is 1.45. The summed E-state index contributed by atoms with van der Waals surface area (Å²) in [7, 11) is -0.978. The summed E-state index contributed by atoms with van der Waals surface area (Å²) in [5, 5.41) is 2.64. The number of aryl methyl sites for hydroxylation is 1. The first-order chi connectivity index (χ1) is 7.90. The quantitative estimate of drug-likeness (QED) is 0.806. The van der Waals surface area contributed by atoms with E-state index in [4.69, 9.17) is 0 Å². The maximum Gasteiger partial charge on any atom is 0.256 e. The van der Waals surface area contributed by atoms with Gasteiger partial charge in [0.1, 0.15) is 5.56 Å². The lowest BCUT2D eigenvalue weighted by Gasteiger charge is -2.11. The van der Waals surface area contributed by atoms with Gasteiger partial charge in [0.25, 0.3) is 5.91 Å². The lowest BCUT2D eigenvalue weighted by atomic mass is 10.2. The first-order valence-electron chi connectivity index (χ1n) is 5.20. The molecule has 0 aliphatic rings. The van der Waals surface area contributed by atoms with Crippen LogP contribution in [0.1, 0.15) is 23.0 Å². The van der Waals surface area contributed by atoms with Crippen molar-refractivity contribution in [1.82, 2.24) is 10.3 Å². The van der Waals surface area contributed by atoms with Gasteiger partial charge in [0.2, 0.25) is 0 Å². The molecule has 2 N–H and O–H groups in total. The van der Waals surface area contributed by atoms with E-state index in [-0.39, 0.29) is 17.0 Å². The second-order valence-electron chi connectivity index (χ2n) is 4.01. The third-order valence-electron chi connectivity index (χ3n) is 2.16. The lowest BCUT2D eigenvalue weighted by Crippen LogP contribution is -2.38. The number of aromatic amines is 1. The number of hydrogen-bond donors (Lipinski definition) is 2. The van der Waals surface area contributed by atoms with E-state index in [1.807, 2.05) is 0 Å². The Morgan fingerprint density at radius 2 is 2.24 bits per heavy atom. The molecule has 0 bridgehead atoms. The largest absolute Gasteiger partial charge is 0.364 e. The molecule has 0 aliphatic heterocycles. The van der Waals surface area contributed by atoms with Crippen LogP contribution < -0.4 is 10.7 Å². The molecule has 1 rings (SSSR count). The molecule has 0 spiro atoms. The number of rotatable bonds is 4. The van der Waals surface area contributed by atoms with Crippen molar-refractivity contribution in [3.8, 4) is 0 Å². The molecular weight excluding hydrogens is 240 g/mol. The summed E-state index contributed by atoms with van der Waals surface area (Å²) < 4.78 is 11.0. The van der Waals surface area contributed by atoms with Gasteiger partial charge in [0.05, 0.1) is 0 Å². The summed E-state index contributed by atoms with van der Waals surface area (Å²) >= 11 is 0. The van der Waals surface area contributed by atoms with Gasteiger partial charge in [-0.05, 0) is 13.8 Å². The predicted octanol–water partition coefficient (Wildman–Crippen LogP) is 0.180. The number of hydrogen-bond acceptors (Lipinski definition) is 3. The van der Waals surface area contributed by atoms with Crippen molar-refractivity contribution < 1.29 is 9.00 Å². The topological polar surface area (TPSA) is 79.0 Å². The van der Waals surface area contributed by atoms with E-state index in [1.165, 1.54) is 12.3 Å². The molecule has 1 aromatic heterocycles. The molecule has 1 heterocycles. The summed E-state index contributed by atoms with van der Waals surface area (Å²) in [6, 6.07) is 1.14. The van der Waals surface area contributed by atoms with Crippen molar-refractivity contribution in [3.05, 3.63) is 33.7 Å². The Morgan fingerprint density at radius 1 is 1.59 bits per heavy atom. The van der Waals surface area contributed by atoms with Crippen LogP contribution >= 0.6 is 0 Å². The Balaban J connectivity index is 2.77. The van der Waals surface area contributed by atoms with Crippen molar-refractivity contribution >= 4 is 16.7 Å². The van der Waals surface area contributed by atoms with Crippen molar-refractivity contribution in [2.75, 3.05) is 12.0 Å². The van der Waals surface area contributed by atoms with E-state index in [0.29, 0.717) is 11.4 Å². The molecule has 0 radical (unpaired) electrons. The smallest absolute Gasteiger partial charge is 0.256 e. The second-order valence-corrected chi connectivity index (χ2v) is 5.49. The minimum Gasteiger partial charge on any atom is -0.364 e. The standard InChI is InChI=1S/C11H16N2O3S/c1-7-4-10(14)9(5-12-7)11(15)13-8(2)6-17(3)16/h4-5,8H,6H2,1-3H3,(H,12,14)(H,13,15). The minimum absolute atomic E-state index is 0.0735. The summed E-state index contributed by atoms with van der Waals surface area (Å²) in [6.45, 7) is 3.49. The maximum absolute atomic E-state index is 11.7. The van der Waals surface area contributed by atoms with E-state index in [9.17, 15) is 13.8 Å². The molecule has 0 aromatic carbocycles. The van der Waals surface area contributed by atoms with Crippen LogP contribution in [0.3, 0.4) is 0 Å². The highest BCUT2D eigenvalue weighted by Gasteiger charge is 2.13. The van der Waals surface area contributed by atoms with Gasteiger partial charge < -0.3 is 10.3 Å². The fraction of sp³-hybridized carbons (Fsp3) is 0.455. The molecule has 0 saturated carbocycles. The Morgan fingerprint density at radius 3 is 2.76 bits per heavy atom. The van der Waals surface area contributed by atoms with Crippen LogP contribution in [0.15, 0.2) is 17.1 Å². The number of pyridine rings is 1. The second kappa shape index (κ2) is 5.77. The van der Waals surface area contributed by atoms with Crippen LogP contribution in [0.25, 0.3) is 0 Å². The van der Waals surface area contributed by atoms with Gasteiger partial charge in [-0.25, -0.2) is 0 Å². The van der Waals surface area contributed by atoms with Gasteiger partial charge in [-0.15, -0.1) is 0 Å². The zero-order valence-electron chi connectivity index (χ0n) is 10.1. The number of aromatic nitrogens is 1. The van der Waals surface area contributed by atoms with E-state index in [1.54, 1.807) is 20.1 Å². The third kappa shape index (κ3) is 4.14. The van der Waals surface area contributed by atoms with Gasteiger partial charge in [-0.3, -0.25) is 13.8 Å². The molecule has 2 unspecified atom stereocenters. The van der Waals surface area contributed by atoms with Gasteiger partial charge in [0, 0.05) is 46.8 Å². The molecule has 2 atom stereocenters. The average molecular weight is 256 g/mol. The van der Waals surface area contributed by atoms with E-state index in [2.05, 4.69) is 10.3 Å². The zero-order valence-corrected chi connectivity index (χ0v) is 10.9.